The lowest BCUT2D eigenvalue weighted by Crippen LogP contribution is -2.31. The van der Waals surface area contributed by atoms with E-state index in [4.69, 9.17) is 9.47 Å². The van der Waals surface area contributed by atoms with Crippen LogP contribution < -0.4 is 19.7 Å². The molecule has 0 saturated carbocycles. The normalized spacial score (nSPS) is 12.0. The molecule has 0 bridgehead atoms. The molecule has 246 valence electrons. The van der Waals surface area contributed by atoms with Gasteiger partial charge in [0.2, 0.25) is 0 Å². The fraction of sp³-hybridized carbons (Fsp3) is 0.150. The summed E-state index contributed by atoms with van der Waals surface area (Å²) in [6, 6.07) is 34.2. The van der Waals surface area contributed by atoms with Crippen molar-refractivity contribution in [1.29, 1.82) is 0 Å². The zero-order valence-electron chi connectivity index (χ0n) is 27.4. The van der Waals surface area contributed by atoms with E-state index in [9.17, 15) is 19.2 Å². The number of hydrogen-bond acceptors (Lipinski definition) is 6. The van der Waals surface area contributed by atoms with Gasteiger partial charge in [0.25, 0.3) is 23.6 Å². The fourth-order valence-electron chi connectivity index (χ4n) is 5.79. The Morgan fingerprint density at radius 3 is 2.08 bits per heavy atom. The molecule has 9 heteroatoms. The summed E-state index contributed by atoms with van der Waals surface area (Å²) in [6.45, 7) is 2.45. The van der Waals surface area contributed by atoms with Crippen LogP contribution >= 0.6 is 0 Å². The van der Waals surface area contributed by atoms with Crippen molar-refractivity contribution in [3.8, 4) is 22.6 Å². The van der Waals surface area contributed by atoms with Gasteiger partial charge in [-0.05, 0) is 73.0 Å². The van der Waals surface area contributed by atoms with E-state index in [0.717, 1.165) is 16.7 Å². The SMILES string of the molecule is COc1cc(C(=O)N(C)c2ccccc2OCCCN2C(=O)c3ccccc3C2=O)ccc1NC(=O)c1ccccc1-c1ccc(C)cc1. The van der Waals surface area contributed by atoms with Crippen molar-refractivity contribution in [2.45, 2.75) is 13.3 Å². The van der Waals surface area contributed by atoms with Gasteiger partial charge >= 0.3 is 0 Å². The summed E-state index contributed by atoms with van der Waals surface area (Å²) in [7, 11) is 3.13. The average Bonchev–Trinajstić information content (AvgIpc) is 3.38. The third-order valence-corrected chi connectivity index (χ3v) is 8.42. The molecule has 0 spiro atoms. The number of benzene rings is 5. The number of anilines is 2. The number of imide groups is 1. The molecular weight excluding hydrogens is 618 g/mol. The van der Waals surface area contributed by atoms with E-state index in [0.29, 0.717) is 51.5 Å². The van der Waals surface area contributed by atoms with Crippen LogP contribution in [0.25, 0.3) is 11.1 Å². The summed E-state index contributed by atoms with van der Waals surface area (Å²) in [5.41, 5.74) is 5.50. The van der Waals surface area contributed by atoms with Crippen LogP contribution in [0.4, 0.5) is 11.4 Å². The van der Waals surface area contributed by atoms with E-state index in [1.165, 1.54) is 16.9 Å². The first-order valence-corrected chi connectivity index (χ1v) is 15.9. The lowest BCUT2D eigenvalue weighted by atomic mass is 9.98. The van der Waals surface area contributed by atoms with E-state index >= 15 is 0 Å². The number of ether oxygens (including phenoxy) is 2. The summed E-state index contributed by atoms with van der Waals surface area (Å²) in [4.78, 5) is 55.2. The zero-order valence-corrected chi connectivity index (χ0v) is 27.4. The Morgan fingerprint density at radius 1 is 0.755 bits per heavy atom. The molecule has 1 N–H and O–H groups in total. The fourth-order valence-corrected chi connectivity index (χ4v) is 5.79. The second-order valence-corrected chi connectivity index (χ2v) is 11.6. The molecule has 9 nitrogen and oxygen atoms in total. The lowest BCUT2D eigenvalue weighted by molar-refractivity contribution is 0.0646. The summed E-state index contributed by atoms with van der Waals surface area (Å²) in [6.07, 6.45) is 0.414. The van der Waals surface area contributed by atoms with Gasteiger partial charge in [-0.15, -0.1) is 0 Å². The van der Waals surface area contributed by atoms with Gasteiger partial charge in [-0.25, -0.2) is 0 Å². The highest BCUT2D eigenvalue weighted by Crippen LogP contribution is 2.32. The number of carbonyl (C=O) groups excluding carboxylic acids is 4. The standard InChI is InChI=1S/C40H35N3O6/c1-26-17-19-27(20-18-26)29-11-4-5-12-30(29)37(44)41-33-22-21-28(25-36(33)48-3)38(45)42(2)34-15-8-9-16-35(34)49-24-10-23-43-39(46)31-13-6-7-14-32(31)40(43)47/h4-9,11-22,25H,10,23-24H2,1-3H3,(H,41,44). The van der Waals surface area contributed by atoms with Gasteiger partial charge in [0, 0.05) is 24.7 Å². The van der Waals surface area contributed by atoms with E-state index < -0.39 is 0 Å². The van der Waals surface area contributed by atoms with Gasteiger partial charge in [-0.1, -0.05) is 72.3 Å². The highest BCUT2D eigenvalue weighted by atomic mass is 16.5. The van der Waals surface area contributed by atoms with Crippen molar-refractivity contribution >= 4 is 35.0 Å². The Kier molecular flexibility index (Phi) is 9.53. The number of amides is 4. The second-order valence-electron chi connectivity index (χ2n) is 11.6. The van der Waals surface area contributed by atoms with Gasteiger partial charge in [-0.3, -0.25) is 24.1 Å². The van der Waals surface area contributed by atoms with Gasteiger partial charge in [0.1, 0.15) is 11.5 Å². The third-order valence-electron chi connectivity index (χ3n) is 8.42. The maximum Gasteiger partial charge on any atom is 0.261 e. The molecule has 4 amide bonds. The summed E-state index contributed by atoms with van der Waals surface area (Å²) >= 11 is 0. The Balaban J connectivity index is 1.12. The molecule has 5 aromatic rings. The predicted molar refractivity (Wildman–Crippen MR) is 189 cm³/mol. The minimum atomic E-state index is -0.317. The van der Waals surface area contributed by atoms with Gasteiger partial charge in [-0.2, -0.15) is 0 Å². The van der Waals surface area contributed by atoms with Gasteiger partial charge < -0.3 is 19.7 Å². The first kappa shape index (κ1) is 32.7. The molecule has 6 rings (SSSR count). The van der Waals surface area contributed by atoms with Crippen LogP contribution in [0.2, 0.25) is 0 Å². The number of nitrogens with zero attached hydrogens (tertiary/aromatic N) is 2. The molecule has 5 aromatic carbocycles. The van der Waals surface area contributed by atoms with Crippen LogP contribution in [0.1, 0.15) is 53.4 Å². The van der Waals surface area contributed by atoms with Gasteiger partial charge in [0.15, 0.2) is 0 Å². The molecular formula is C40H35N3O6. The second kappa shape index (κ2) is 14.3. The van der Waals surface area contributed by atoms with Crippen LogP contribution in [-0.2, 0) is 0 Å². The molecule has 1 heterocycles. The smallest absolute Gasteiger partial charge is 0.261 e. The van der Waals surface area contributed by atoms with Crippen LogP contribution in [0, 0.1) is 6.92 Å². The zero-order chi connectivity index (χ0) is 34.5. The number of aryl methyl sites for hydroxylation is 1. The van der Waals surface area contributed by atoms with Crippen molar-refractivity contribution in [3.63, 3.8) is 0 Å². The summed E-state index contributed by atoms with van der Waals surface area (Å²) in [5, 5.41) is 2.94. The number of para-hydroxylation sites is 2. The van der Waals surface area contributed by atoms with E-state index in [2.05, 4.69) is 5.32 Å². The minimum absolute atomic E-state index is 0.212. The van der Waals surface area contributed by atoms with E-state index in [1.807, 2.05) is 49.4 Å². The van der Waals surface area contributed by atoms with Crippen LogP contribution in [0.15, 0.2) is 115 Å². The highest BCUT2D eigenvalue weighted by molar-refractivity contribution is 6.21. The first-order chi connectivity index (χ1) is 23.8. The third kappa shape index (κ3) is 6.78. The first-order valence-electron chi connectivity index (χ1n) is 15.9. The van der Waals surface area contributed by atoms with E-state index in [-0.39, 0.29) is 36.8 Å². The molecule has 1 aliphatic rings. The Hall–Kier alpha value is -6.22. The molecule has 0 saturated heterocycles. The van der Waals surface area contributed by atoms with Crippen LogP contribution in [0.5, 0.6) is 11.5 Å². The Morgan fingerprint density at radius 2 is 1.39 bits per heavy atom. The quantitative estimate of drug-likeness (QED) is 0.119. The number of methoxy groups -OCH3 is 1. The largest absolute Gasteiger partial charge is 0.495 e. The monoisotopic (exact) mass is 653 g/mol. The van der Waals surface area contributed by atoms with Crippen molar-refractivity contribution in [2.75, 3.05) is 37.5 Å². The number of fused-ring (bicyclic) bond motifs is 1. The molecule has 0 unspecified atom stereocenters. The maximum absolute atomic E-state index is 13.7. The van der Waals surface area contributed by atoms with Crippen molar-refractivity contribution in [2.24, 2.45) is 0 Å². The topological polar surface area (TPSA) is 105 Å². The van der Waals surface area contributed by atoms with Crippen molar-refractivity contribution in [1.82, 2.24) is 4.90 Å². The summed E-state index contributed by atoms with van der Waals surface area (Å²) < 4.78 is 11.6. The van der Waals surface area contributed by atoms with Gasteiger partial charge in [0.05, 0.1) is 36.2 Å². The molecule has 0 atom stereocenters. The van der Waals surface area contributed by atoms with Crippen molar-refractivity contribution < 1.29 is 28.7 Å². The molecule has 1 aliphatic heterocycles. The highest BCUT2D eigenvalue weighted by Gasteiger charge is 2.34. The summed E-state index contributed by atoms with van der Waals surface area (Å²) in [5.74, 6) is -0.427. The number of nitrogens with one attached hydrogen (secondary N) is 1. The Bertz CT molecular complexity index is 2020. The average molecular weight is 654 g/mol. The Labute approximate surface area is 284 Å². The predicted octanol–water partition coefficient (Wildman–Crippen LogP) is 7.26. The molecule has 0 aromatic heterocycles. The van der Waals surface area contributed by atoms with Crippen LogP contribution in [0.3, 0.4) is 0 Å². The molecule has 49 heavy (non-hydrogen) atoms. The maximum atomic E-state index is 13.7. The number of rotatable bonds is 11. The lowest BCUT2D eigenvalue weighted by Gasteiger charge is -2.22. The number of hydrogen-bond donors (Lipinski definition) is 1. The molecule has 0 aliphatic carbocycles. The molecule has 0 radical (unpaired) electrons. The molecule has 0 fully saturated rings. The van der Waals surface area contributed by atoms with Crippen LogP contribution in [-0.4, -0.2) is 55.8 Å². The number of carbonyl (C=O) groups is 4. The van der Waals surface area contributed by atoms with E-state index in [1.54, 1.807) is 79.8 Å². The van der Waals surface area contributed by atoms with Crippen molar-refractivity contribution in [3.05, 3.63) is 143 Å². The minimum Gasteiger partial charge on any atom is -0.495 e.